The highest BCUT2D eigenvalue weighted by Gasteiger charge is 2.20. The number of nitrogens with one attached hydrogen (secondary N) is 1. The van der Waals surface area contributed by atoms with Gasteiger partial charge >= 0.3 is 5.97 Å². The van der Waals surface area contributed by atoms with Crippen LogP contribution in [0.3, 0.4) is 0 Å². The standard InChI is InChI=1S/C31H28ClNO5/c32-23-6-3-5-21(15-23)29(34)19-33-24-13-11-20-12-14-27(17-22(20)16-24)37-25-7-4-8-26(18-25)38-30-10-2-1-9-28(30)31(35)36/h1-10,12,14-15,17-18,24,29,33-34H,11,13,16,19H2,(H,35,36)/t24-,29+/m0/s1. The zero-order valence-corrected chi connectivity index (χ0v) is 21.4. The second kappa shape index (κ2) is 11.7. The molecule has 0 saturated carbocycles. The zero-order chi connectivity index (χ0) is 26.5. The van der Waals surface area contributed by atoms with Crippen molar-refractivity contribution in [3.63, 3.8) is 0 Å². The summed E-state index contributed by atoms with van der Waals surface area (Å²) in [5.74, 6) is 1.01. The van der Waals surface area contributed by atoms with Crippen LogP contribution in [0.25, 0.3) is 0 Å². The van der Waals surface area contributed by atoms with Crippen LogP contribution in [0.1, 0.15) is 39.6 Å². The van der Waals surface area contributed by atoms with Gasteiger partial charge in [0.25, 0.3) is 0 Å². The fourth-order valence-electron chi connectivity index (χ4n) is 4.68. The molecule has 7 heteroatoms. The van der Waals surface area contributed by atoms with Crippen molar-refractivity contribution in [3.05, 3.63) is 118 Å². The molecule has 0 unspecified atom stereocenters. The smallest absolute Gasteiger partial charge is 0.339 e. The third kappa shape index (κ3) is 6.34. The van der Waals surface area contributed by atoms with Gasteiger partial charge in [0, 0.05) is 23.7 Å². The summed E-state index contributed by atoms with van der Waals surface area (Å²) in [5.41, 5.74) is 3.41. The molecule has 4 aromatic rings. The molecule has 3 N–H and O–H groups in total. The molecule has 1 aliphatic rings. The number of rotatable bonds is 9. The van der Waals surface area contributed by atoms with E-state index in [1.54, 1.807) is 48.5 Å². The minimum absolute atomic E-state index is 0.0942. The minimum atomic E-state index is -1.05. The minimum Gasteiger partial charge on any atom is -0.478 e. The van der Waals surface area contributed by atoms with E-state index in [0.717, 1.165) is 24.8 Å². The Morgan fingerprint density at radius 2 is 1.66 bits per heavy atom. The maximum absolute atomic E-state index is 11.5. The molecular weight excluding hydrogens is 502 g/mol. The number of fused-ring (bicyclic) bond motifs is 1. The van der Waals surface area contributed by atoms with Crippen molar-refractivity contribution in [2.75, 3.05) is 6.54 Å². The topological polar surface area (TPSA) is 88.0 Å². The van der Waals surface area contributed by atoms with Crippen LogP contribution in [0, 0.1) is 0 Å². The van der Waals surface area contributed by atoms with E-state index in [1.165, 1.54) is 17.2 Å². The largest absolute Gasteiger partial charge is 0.478 e. The van der Waals surface area contributed by atoms with Gasteiger partial charge in [-0.2, -0.15) is 0 Å². The SMILES string of the molecule is O=C(O)c1ccccc1Oc1cccc(Oc2ccc3c(c2)C[C@@H](NC[C@@H](O)c2cccc(Cl)c2)CC3)c1. The number of halogens is 1. The van der Waals surface area contributed by atoms with Crippen LogP contribution in [-0.4, -0.2) is 28.8 Å². The number of aliphatic hydroxyl groups excluding tert-OH is 1. The normalized spacial score (nSPS) is 15.4. The van der Waals surface area contributed by atoms with Crippen LogP contribution in [0.5, 0.6) is 23.0 Å². The summed E-state index contributed by atoms with van der Waals surface area (Å²) in [4.78, 5) is 11.5. The van der Waals surface area contributed by atoms with Crippen LogP contribution in [-0.2, 0) is 12.8 Å². The van der Waals surface area contributed by atoms with Gasteiger partial charge in [-0.3, -0.25) is 0 Å². The van der Waals surface area contributed by atoms with Gasteiger partial charge in [0.1, 0.15) is 28.6 Å². The molecule has 5 rings (SSSR count). The van der Waals surface area contributed by atoms with E-state index in [1.807, 2.05) is 24.3 Å². The molecule has 0 spiro atoms. The Hall–Kier alpha value is -3.84. The van der Waals surface area contributed by atoms with Gasteiger partial charge in [0.2, 0.25) is 0 Å². The molecular formula is C31H28ClNO5. The van der Waals surface area contributed by atoms with E-state index in [9.17, 15) is 15.0 Å². The summed E-state index contributed by atoms with van der Waals surface area (Å²) in [7, 11) is 0. The lowest BCUT2D eigenvalue weighted by Crippen LogP contribution is -2.37. The van der Waals surface area contributed by atoms with E-state index < -0.39 is 12.1 Å². The molecule has 0 aliphatic heterocycles. The Balaban J connectivity index is 1.23. The summed E-state index contributed by atoms with van der Waals surface area (Å²) in [6.45, 7) is 0.453. The first-order valence-corrected chi connectivity index (χ1v) is 12.9. The second-order valence-electron chi connectivity index (χ2n) is 9.33. The van der Waals surface area contributed by atoms with Gasteiger partial charge in [0.15, 0.2) is 0 Å². The molecule has 0 amide bonds. The highest BCUT2D eigenvalue weighted by atomic mass is 35.5. The number of para-hydroxylation sites is 1. The molecule has 0 saturated heterocycles. The first-order valence-electron chi connectivity index (χ1n) is 12.5. The van der Waals surface area contributed by atoms with Crippen LogP contribution in [0.15, 0.2) is 91.0 Å². The molecule has 0 aromatic heterocycles. The molecule has 4 aromatic carbocycles. The molecule has 0 heterocycles. The lowest BCUT2D eigenvalue weighted by molar-refractivity contribution is 0.0694. The van der Waals surface area contributed by atoms with Gasteiger partial charge in [-0.15, -0.1) is 0 Å². The molecule has 1 aliphatic carbocycles. The molecule has 6 nitrogen and oxygen atoms in total. The number of carboxylic acids is 1. The number of aryl methyl sites for hydroxylation is 1. The Morgan fingerprint density at radius 1 is 0.895 bits per heavy atom. The Morgan fingerprint density at radius 3 is 2.47 bits per heavy atom. The van der Waals surface area contributed by atoms with Crippen molar-refractivity contribution < 1.29 is 24.5 Å². The number of ether oxygens (including phenoxy) is 2. The number of aromatic carboxylic acids is 1. The van der Waals surface area contributed by atoms with Crippen molar-refractivity contribution >= 4 is 17.6 Å². The number of hydrogen-bond acceptors (Lipinski definition) is 5. The number of benzene rings is 4. The van der Waals surface area contributed by atoms with E-state index >= 15 is 0 Å². The monoisotopic (exact) mass is 529 g/mol. The second-order valence-corrected chi connectivity index (χ2v) is 9.77. The molecule has 0 bridgehead atoms. The molecule has 0 fully saturated rings. The predicted molar refractivity (Wildman–Crippen MR) is 147 cm³/mol. The van der Waals surface area contributed by atoms with Crippen LogP contribution in [0.4, 0.5) is 0 Å². The van der Waals surface area contributed by atoms with E-state index in [2.05, 4.69) is 17.4 Å². The first-order chi connectivity index (χ1) is 18.4. The number of carbonyl (C=O) groups is 1. The average Bonchev–Trinajstić information content (AvgIpc) is 2.92. The summed E-state index contributed by atoms with van der Waals surface area (Å²) < 4.78 is 12.0. The lowest BCUT2D eigenvalue weighted by Gasteiger charge is -2.27. The number of hydrogen-bond donors (Lipinski definition) is 3. The molecule has 38 heavy (non-hydrogen) atoms. The van der Waals surface area contributed by atoms with Gasteiger partial charge in [-0.1, -0.05) is 48.0 Å². The Bertz CT molecular complexity index is 1440. The predicted octanol–water partition coefficient (Wildman–Crippen LogP) is 6.80. The van der Waals surface area contributed by atoms with E-state index in [4.69, 9.17) is 21.1 Å². The van der Waals surface area contributed by atoms with E-state index in [-0.39, 0.29) is 17.4 Å². The van der Waals surface area contributed by atoms with E-state index in [0.29, 0.717) is 28.8 Å². The van der Waals surface area contributed by atoms with Crippen LogP contribution in [0.2, 0.25) is 5.02 Å². The number of carboxylic acid groups (broad SMARTS) is 1. The van der Waals surface area contributed by atoms with Crippen LogP contribution < -0.4 is 14.8 Å². The fraction of sp³-hybridized carbons (Fsp3) is 0.194. The maximum Gasteiger partial charge on any atom is 0.339 e. The third-order valence-corrected chi connectivity index (χ3v) is 6.86. The zero-order valence-electron chi connectivity index (χ0n) is 20.6. The Kier molecular flexibility index (Phi) is 7.94. The van der Waals surface area contributed by atoms with Crippen molar-refractivity contribution in [3.8, 4) is 23.0 Å². The number of aliphatic hydroxyl groups is 1. The highest BCUT2D eigenvalue weighted by molar-refractivity contribution is 6.30. The summed E-state index contributed by atoms with van der Waals surface area (Å²) in [6, 6.07) is 27.3. The summed E-state index contributed by atoms with van der Waals surface area (Å²) >= 11 is 6.06. The van der Waals surface area contributed by atoms with Gasteiger partial charge in [-0.25, -0.2) is 4.79 Å². The molecule has 2 atom stereocenters. The van der Waals surface area contributed by atoms with Crippen molar-refractivity contribution in [2.45, 2.75) is 31.4 Å². The van der Waals surface area contributed by atoms with Crippen molar-refractivity contribution in [2.24, 2.45) is 0 Å². The molecule has 194 valence electrons. The molecule has 0 radical (unpaired) electrons. The summed E-state index contributed by atoms with van der Waals surface area (Å²) in [6.07, 6.45) is 2.16. The Labute approximate surface area is 226 Å². The van der Waals surface area contributed by atoms with Crippen LogP contribution >= 0.6 is 11.6 Å². The third-order valence-electron chi connectivity index (χ3n) is 6.63. The lowest BCUT2D eigenvalue weighted by atomic mass is 9.88. The average molecular weight is 530 g/mol. The van der Waals surface area contributed by atoms with Gasteiger partial charge in [-0.05, 0) is 84.5 Å². The van der Waals surface area contributed by atoms with Gasteiger partial charge < -0.3 is 25.0 Å². The first kappa shape index (κ1) is 25.8. The summed E-state index contributed by atoms with van der Waals surface area (Å²) in [5, 5.41) is 24.1. The van der Waals surface area contributed by atoms with Crippen molar-refractivity contribution in [1.82, 2.24) is 5.32 Å². The maximum atomic E-state index is 11.5. The highest BCUT2D eigenvalue weighted by Crippen LogP contribution is 2.32. The van der Waals surface area contributed by atoms with Crippen molar-refractivity contribution in [1.29, 1.82) is 0 Å². The quantitative estimate of drug-likeness (QED) is 0.221. The van der Waals surface area contributed by atoms with Gasteiger partial charge in [0.05, 0.1) is 6.10 Å². The fourth-order valence-corrected chi connectivity index (χ4v) is 4.88.